The monoisotopic (exact) mass is 410 g/mol. The number of anilines is 1. The van der Waals surface area contributed by atoms with E-state index in [0.717, 1.165) is 11.1 Å². The maximum atomic E-state index is 11.0. The lowest BCUT2D eigenvalue weighted by atomic mass is 10.2. The van der Waals surface area contributed by atoms with Crippen LogP contribution in [0.15, 0.2) is 71.8 Å². The van der Waals surface area contributed by atoms with Crippen molar-refractivity contribution in [1.82, 2.24) is 0 Å². The Kier molecular flexibility index (Phi) is 6.71. The van der Waals surface area contributed by atoms with Crippen molar-refractivity contribution in [3.05, 3.63) is 88.4 Å². The van der Waals surface area contributed by atoms with Crippen molar-refractivity contribution < 1.29 is 19.4 Å². The minimum Gasteiger partial charge on any atom is -0.493 e. The van der Waals surface area contributed by atoms with Crippen molar-refractivity contribution in [1.29, 1.82) is 0 Å². The lowest BCUT2D eigenvalue weighted by Gasteiger charge is -2.12. The van der Waals surface area contributed by atoms with Crippen LogP contribution < -0.4 is 14.9 Å². The molecule has 0 aliphatic rings. The van der Waals surface area contributed by atoms with E-state index in [9.17, 15) is 4.79 Å². The van der Waals surface area contributed by atoms with E-state index in [-0.39, 0.29) is 5.56 Å². The summed E-state index contributed by atoms with van der Waals surface area (Å²) in [6.07, 6.45) is 1.60. The topological polar surface area (TPSA) is 80.2 Å². The maximum Gasteiger partial charge on any atom is 0.335 e. The zero-order valence-corrected chi connectivity index (χ0v) is 16.4. The van der Waals surface area contributed by atoms with E-state index in [1.807, 2.05) is 30.3 Å². The van der Waals surface area contributed by atoms with Crippen LogP contribution in [0.4, 0.5) is 5.69 Å². The summed E-state index contributed by atoms with van der Waals surface area (Å²) in [4.78, 5) is 11.0. The largest absolute Gasteiger partial charge is 0.493 e. The van der Waals surface area contributed by atoms with Gasteiger partial charge >= 0.3 is 5.97 Å². The molecule has 0 unspecified atom stereocenters. The smallest absolute Gasteiger partial charge is 0.335 e. The van der Waals surface area contributed by atoms with Gasteiger partial charge in [0, 0.05) is 10.6 Å². The van der Waals surface area contributed by atoms with E-state index in [0.29, 0.717) is 28.8 Å². The van der Waals surface area contributed by atoms with Crippen molar-refractivity contribution >= 4 is 29.5 Å². The van der Waals surface area contributed by atoms with Gasteiger partial charge in [-0.3, -0.25) is 5.43 Å². The molecule has 2 N–H and O–H groups in total. The van der Waals surface area contributed by atoms with Crippen molar-refractivity contribution in [3.63, 3.8) is 0 Å². The number of methoxy groups -OCH3 is 1. The number of ether oxygens (including phenoxy) is 2. The zero-order chi connectivity index (χ0) is 20.6. The summed E-state index contributed by atoms with van der Waals surface area (Å²) >= 11 is 6.16. The van der Waals surface area contributed by atoms with E-state index < -0.39 is 5.97 Å². The van der Waals surface area contributed by atoms with Gasteiger partial charge in [0.2, 0.25) is 0 Å². The summed E-state index contributed by atoms with van der Waals surface area (Å²) in [5.41, 5.74) is 5.25. The molecule has 0 radical (unpaired) electrons. The molecule has 0 atom stereocenters. The quantitative estimate of drug-likeness (QED) is 0.400. The predicted octanol–water partition coefficient (Wildman–Crippen LogP) is 5.07. The van der Waals surface area contributed by atoms with Crippen LogP contribution in [0, 0.1) is 0 Å². The zero-order valence-electron chi connectivity index (χ0n) is 15.6. The van der Waals surface area contributed by atoms with Crippen LogP contribution in [0.2, 0.25) is 5.02 Å². The van der Waals surface area contributed by atoms with Crippen LogP contribution in [0.3, 0.4) is 0 Å². The number of carboxylic acids is 1. The van der Waals surface area contributed by atoms with Gasteiger partial charge < -0.3 is 14.6 Å². The number of hydrogen-bond donors (Lipinski definition) is 2. The molecule has 0 aliphatic carbocycles. The third-order valence-electron chi connectivity index (χ3n) is 4.05. The third kappa shape index (κ3) is 5.49. The van der Waals surface area contributed by atoms with E-state index in [1.54, 1.807) is 37.6 Å². The first kappa shape index (κ1) is 20.2. The second kappa shape index (κ2) is 9.61. The fourth-order valence-corrected chi connectivity index (χ4v) is 2.75. The Bertz CT molecular complexity index is 1040. The highest BCUT2D eigenvalue weighted by atomic mass is 35.5. The summed E-state index contributed by atoms with van der Waals surface area (Å²) in [7, 11) is 1.56. The van der Waals surface area contributed by atoms with Gasteiger partial charge in [0.15, 0.2) is 11.5 Å². The summed E-state index contributed by atoms with van der Waals surface area (Å²) in [6, 6.07) is 19.3. The molecule has 0 aromatic heterocycles. The normalized spacial score (nSPS) is 10.7. The first-order chi connectivity index (χ1) is 14.1. The summed E-state index contributed by atoms with van der Waals surface area (Å²) in [5.74, 6) is 0.162. The maximum absolute atomic E-state index is 11.0. The molecular formula is C22H19ClN2O4. The molecule has 0 saturated heterocycles. The molecule has 3 aromatic carbocycles. The second-order valence-corrected chi connectivity index (χ2v) is 6.45. The van der Waals surface area contributed by atoms with Crippen molar-refractivity contribution in [2.24, 2.45) is 5.10 Å². The van der Waals surface area contributed by atoms with E-state index >= 15 is 0 Å². The fraction of sp³-hybridized carbons (Fsp3) is 0.0909. The van der Waals surface area contributed by atoms with Crippen LogP contribution in [0.5, 0.6) is 11.5 Å². The molecule has 0 heterocycles. The second-order valence-electron chi connectivity index (χ2n) is 6.05. The van der Waals surface area contributed by atoms with Crippen molar-refractivity contribution in [2.75, 3.05) is 12.5 Å². The van der Waals surface area contributed by atoms with Crippen LogP contribution in [0.1, 0.15) is 21.5 Å². The minimum atomic E-state index is -0.991. The van der Waals surface area contributed by atoms with E-state index in [1.165, 1.54) is 12.1 Å². The van der Waals surface area contributed by atoms with Crippen LogP contribution in [-0.2, 0) is 6.61 Å². The van der Waals surface area contributed by atoms with E-state index in [2.05, 4.69) is 10.5 Å². The molecule has 3 aromatic rings. The Morgan fingerprint density at radius 3 is 2.69 bits per heavy atom. The van der Waals surface area contributed by atoms with Gasteiger partial charge in [0.25, 0.3) is 0 Å². The number of nitrogens with one attached hydrogen (secondary N) is 1. The molecule has 29 heavy (non-hydrogen) atoms. The average molecular weight is 411 g/mol. The molecule has 0 aliphatic heterocycles. The van der Waals surface area contributed by atoms with Gasteiger partial charge in [-0.05, 0) is 48.0 Å². The molecule has 3 rings (SSSR count). The molecule has 0 bridgehead atoms. The van der Waals surface area contributed by atoms with Gasteiger partial charge in [-0.25, -0.2) is 4.79 Å². The number of carboxylic acid groups (broad SMARTS) is 1. The lowest BCUT2D eigenvalue weighted by molar-refractivity contribution is 0.0697. The summed E-state index contributed by atoms with van der Waals surface area (Å²) in [5, 5.41) is 13.8. The Balaban J connectivity index is 1.66. The fourth-order valence-electron chi connectivity index (χ4n) is 2.56. The van der Waals surface area contributed by atoms with Crippen LogP contribution >= 0.6 is 11.6 Å². The van der Waals surface area contributed by atoms with Gasteiger partial charge in [-0.15, -0.1) is 0 Å². The number of hydrogen-bond acceptors (Lipinski definition) is 5. The molecule has 0 spiro atoms. The molecule has 0 fully saturated rings. The Hall–Kier alpha value is -3.51. The summed E-state index contributed by atoms with van der Waals surface area (Å²) < 4.78 is 11.2. The lowest BCUT2D eigenvalue weighted by Crippen LogP contribution is -1.99. The Labute approximate surface area is 173 Å². The van der Waals surface area contributed by atoms with Crippen molar-refractivity contribution in [2.45, 2.75) is 6.61 Å². The van der Waals surface area contributed by atoms with Gasteiger partial charge in [-0.1, -0.05) is 35.9 Å². The number of carbonyl (C=O) groups is 1. The first-order valence-corrected chi connectivity index (χ1v) is 9.11. The van der Waals surface area contributed by atoms with Gasteiger partial charge in [0.05, 0.1) is 24.6 Å². The molecule has 0 saturated carbocycles. The van der Waals surface area contributed by atoms with Crippen molar-refractivity contribution in [3.8, 4) is 11.5 Å². The van der Waals surface area contributed by atoms with Gasteiger partial charge in [0.1, 0.15) is 6.61 Å². The number of hydrazone groups is 1. The third-order valence-corrected chi connectivity index (χ3v) is 4.41. The van der Waals surface area contributed by atoms with E-state index in [4.69, 9.17) is 26.2 Å². The first-order valence-electron chi connectivity index (χ1n) is 8.73. The average Bonchev–Trinajstić information content (AvgIpc) is 2.74. The van der Waals surface area contributed by atoms with Crippen LogP contribution in [-0.4, -0.2) is 24.4 Å². The molecular weight excluding hydrogens is 392 g/mol. The predicted molar refractivity (Wildman–Crippen MR) is 113 cm³/mol. The Morgan fingerprint density at radius 2 is 1.93 bits per heavy atom. The number of halogens is 1. The highest BCUT2D eigenvalue weighted by Crippen LogP contribution is 2.29. The van der Waals surface area contributed by atoms with Crippen LogP contribution in [0.25, 0.3) is 0 Å². The molecule has 7 heteroatoms. The number of aromatic carboxylic acids is 1. The SMILES string of the molecule is COc1cc(/C=N\Nc2cccc(C(=O)O)c2)ccc1OCc1ccccc1Cl. The minimum absolute atomic E-state index is 0.187. The molecule has 148 valence electrons. The van der Waals surface area contributed by atoms with Gasteiger partial charge in [-0.2, -0.15) is 5.10 Å². The standard InChI is InChI=1S/C22H19ClN2O4/c1-28-21-11-15(13-24-25-18-7-4-6-16(12-18)22(26)27)9-10-20(21)29-14-17-5-2-3-8-19(17)23/h2-13,25H,14H2,1H3,(H,26,27)/b24-13-. The number of nitrogens with zero attached hydrogens (tertiary/aromatic N) is 1. The highest BCUT2D eigenvalue weighted by molar-refractivity contribution is 6.31. The Morgan fingerprint density at radius 1 is 1.10 bits per heavy atom. The summed E-state index contributed by atoms with van der Waals surface area (Å²) in [6.45, 7) is 0.324. The molecule has 0 amide bonds. The highest BCUT2D eigenvalue weighted by Gasteiger charge is 2.07. The molecule has 6 nitrogen and oxygen atoms in total. The number of benzene rings is 3. The number of rotatable bonds is 8.